The first kappa shape index (κ1) is 21.6. The van der Waals surface area contributed by atoms with Crippen molar-refractivity contribution < 1.29 is 22.6 Å². The van der Waals surface area contributed by atoms with Crippen molar-refractivity contribution in [3.63, 3.8) is 0 Å². The van der Waals surface area contributed by atoms with Crippen LogP contribution in [0.3, 0.4) is 0 Å². The number of halogens is 6. The molecule has 1 saturated heterocycles. The van der Waals surface area contributed by atoms with Gasteiger partial charge in [-0.1, -0.05) is 46.9 Å². The summed E-state index contributed by atoms with van der Waals surface area (Å²) < 4.78 is 50.3. The summed E-state index contributed by atoms with van der Waals surface area (Å²) in [6.07, 6.45) is -3.71. The van der Waals surface area contributed by atoms with E-state index in [1.54, 1.807) is 12.1 Å². The minimum Gasteiger partial charge on any atom is -0.427 e. The first-order valence-corrected chi connectivity index (χ1v) is 9.68. The lowest BCUT2D eigenvalue weighted by atomic mass is 10.0. The van der Waals surface area contributed by atoms with E-state index >= 15 is 0 Å². The minimum absolute atomic E-state index is 0.140. The van der Waals surface area contributed by atoms with Crippen LogP contribution in [-0.2, 0) is 0 Å². The van der Waals surface area contributed by atoms with Gasteiger partial charge in [-0.05, 0) is 45.1 Å². The molecule has 0 aromatic heterocycles. The Morgan fingerprint density at radius 2 is 1.64 bits per heavy atom. The van der Waals surface area contributed by atoms with Gasteiger partial charge in [-0.3, -0.25) is 0 Å². The summed E-state index contributed by atoms with van der Waals surface area (Å²) in [5, 5.41) is 0. The third kappa shape index (κ3) is 4.25. The van der Waals surface area contributed by atoms with E-state index in [1.165, 1.54) is 19.2 Å². The summed E-state index contributed by atoms with van der Waals surface area (Å²) >= 11 is 17.9. The zero-order valence-corrected chi connectivity index (χ0v) is 17.4. The average molecular weight is 461 g/mol. The first-order valence-electron chi connectivity index (χ1n) is 8.55. The zero-order valence-electron chi connectivity index (χ0n) is 15.1. The number of benzene rings is 1. The largest absolute Gasteiger partial charge is 0.449 e. The summed E-state index contributed by atoms with van der Waals surface area (Å²) in [5.74, 6) is -3.44. The van der Waals surface area contributed by atoms with Gasteiger partial charge in [-0.2, -0.15) is 18.2 Å². The van der Waals surface area contributed by atoms with Crippen molar-refractivity contribution >= 4 is 40.6 Å². The normalized spacial score (nSPS) is 21.1. The number of para-hydroxylation sites is 2. The predicted molar refractivity (Wildman–Crippen MR) is 102 cm³/mol. The van der Waals surface area contributed by atoms with Crippen LogP contribution < -0.4 is 9.47 Å². The smallest absolute Gasteiger partial charge is 0.427 e. The number of piperidine rings is 1. The summed E-state index contributed by atoms with van der Waals surface area (Å²) in [5.41, 5.74) is 0. The highest BCUT2D eigenvalue weighted by molar-refractivity contribution is 6.68. The van der Waals surface area contributed by atoms with Crippen molar-refractivity contribution in [1.29, 1.82) is 0 Å². The fourth-order valence-electron chi connectivity index (χ4n) is 3.20. The Kier molecular flexibility index (Phi) is 5.89. The quantitative estimate of drug-likeness (QED) is 0.371. The van der Waals surface area contributed by atoms with Gasteiger partial charge in [0.05, 0.1) is 0 Å². The Hall–Kier alpha value is -1.09. The molecule has 2 aliphatic rings. The van der Waals surface area contributed by atoms with Crippen LogP contribution in [0.4, 0.5) is 13.2 Å². The molecule has 0 saturated carbocycles. The second-order valence-electron chi connectivity index (χ2n) is 6.81. The fraction of sp³-hybridized carbons (Fsp3) is 0.588. The maximum atomic E-state index is 13.9. The lowest BCUT2D eigenvalue weighted by Crippen LogP contribution is -2.55. The van der Waals surface area contributed by atoms with E-state index in [0.29, 0.717) is 25.9 Å². The van der Waals surface area contributed by atoms with Crippen molar-refractivity contribution in [2.24, 2.45) is 4.99 Å². The van der Waals surface area contributed by atoms with Crippen LogP contribution in [0.2, 0.25) is 0 Å². The van der Waals surface area contributed by atoms with Gasteiger partial charge in [-0.25, -0.2) is 0 Å². The second-order valence-corrected chi connectivity index (χ2v) is 9.09. The van der Waals surface area contributed by atoms with E-state index < -0.39 is 21.7 Å². The number of hydrogen-bond donors (Lipinski definition) is 0. The molecule has 1 fully saturated rings. The fourth-order valence-corrected chi connectivity index (χ4v) is 3.56. The molecule has 0 amide bonds. The van der Waals surface area contributed by atoms with Crippen molar-refractivity contribution in [3.05, 3.63) is 24.3 Å². The maximum Gasteiger partial charge on any atom is 0.449 e. The number of aliphatic imine (C=N–C) groups is 1. The number of fused-ring (bicyclic) bond motifs is 1. The van der Waals surface area contributed by atoms with Gasteiger partial charge in [0.15, 0.2) is 11.5 Å². The maximum absolute atomic E-state index is 13.9. The SMILES string of the molecule is CN1CCC(N(C)C(=NC2(C(Cl)(Cl)Cl)Oc3ccccc3O2)C(F)(F)F)CC1. The number of likely N-dealkylation sites (tertiary alicyclic amines) is 1. The van der Waals surface area contributed by atoms with E-state index in [4.69, 9.17) is 44.3 Å². The molecule has 0 spiro atoms. The van der Waals surface area contributed by atoms with Crippen LogP contribution in [0.15, 0.2) is 29.3 Å². The Bertz CT molecular complexity index is 722. The summed E-state index contributed by atoms with van der Waals surface area (Å²) in [4.78, 5) is 6.85. The lowest BCUT2D eigenvalue weighted by Gasteiger charge is -2.38. The molecule has 3 rings (SSSR count). The monoisotopic (exact) mass is 459 g/mol. The number of nitrogens with zero attached hydrogens (tertiary/aromatic N) is 3. The van der Waals surface area contributed by atoms with Gasteiger partial charge in [0.25, 0.3) is 3.79 Å². The van der Waals surface area contributed by atoms with Gasteiger partial charge in [0.2, 0.25) is 5.84 Å². The van der Waals surface area contributed by atoms with E-state index in [1.807, 2.05) is 7.05 Å². The van der Waals surface area contributed by atoms with Crippen LogP contribution >= 0.6 is 34.8 Å². The average Bonchev–Trinajstić information content (AvgIpc) is 2.98. The van der Waals surface area contributed by atoms with Crippen LogP contribution in [0.25, 0.3) is 0 Å². The Morgan fingerprint density at radius 3 is 2.07 bits per heavy atom. The molecule has 0 radical (unpaired) electrons. The van der Waals surface area contributed by atoms with Gasteiger partial charge >= 0.3 is 12.1 Å². The van der Waals surface area contributed by atoms with Gasteiger partial charge in [0, 0.05) is 13.1 Å². The standard InChI is InChI=1S/C17H19Cl3F3N3O2/c1-25-9-7-11(8-10-25)26(2)14(15(21,22)23)24-17(16(18,19)20)27-12-5-3-4-6-13(12)28-17/h3-6,11H,7-10H2,1-2H3. The van der Waals surface area contributed by atoms with Crippen molar-refractivity contribution in [2.45, 2.75) is 34.8 Å². The van der Waals surface area contributed by atoms with Crippen LogP contribution in [-0.4, -0.2) is 64.7 Å². The number of rotatable bonds is 2. The topological polar surface area (TPSA) is 37.3 Å². The molecule has 11 heteroatoms. The van der Waals surface area contributed by atoms with E-state index in [9.17, 15) is 13.2 Å². The molecular weight excluding hydrogens is 442 g/mol. The molecule has 0 aliphatic carbocycles. The molecule has 0 N–H and O–H groups in total. The number of alkyl halides is 6. The number of ether oxygens (including phenoxy) is 2. The molecule has 1 aromatic carbocycles. The van der Waals surface area contributed by atoms with Crippen LogP contribution in [0.5, 0.6) is 11.5 Å². The molecule has 28 heavy (non-hydrogen) atoms. The molecule has 2 heterocycles. The summed E-state index contributed by atoms with van der Waals surface area (Å²) in [6.45, 7) is 1.35. The molecule has 0 unspecified atom stereocenters. The molecule has 2 aliphatic heterocycles. The van der Waals surface area contributed by atoms with E-state index in [0.717, 1.165) is 4.90 Å². The Labute approximate surface area is 175 Å². The highest BCUT2D eigenvalue weighted by atomic mass is 35.6. The van der Waals surface area contributed by atoms with Crippen molar-refractivity contribution in [1.82, 2.24) is 9.80 Å². The van der Waals surface area contributed by atoms with Gasteiger partial charge < -0.3 is 19.3 Å². The molecule has 5 nitrogen and oxygen atoms in total. The predicted octanol–water partition coefficient (Wildman–Crippen LogP) is 4.47. The minimum atomic E-state index is -4.80. The van der Waals surface area contributed by atoms with Crippen molar-refractivity contribution in [2.75, 3.05) is 27.2 Å². The number of hydrogen-bond acceptors (Lipinski definition) is 4. The molecule has 1 aromatic rings. The highest BCUT2D eigenvalue weighted by Crippen LogP contribution is 2.51. The third-order valence-electron chi connectivity index (χ3n) is 4.78. The lowest BCUT2D eigenvalue weighted by molar-refractivity contribution is -0.0905. The van der Waals surface area contributed by atoms with E-state index in [2.05, 4.69) is 9.89 Å². The van der Waals surface area contributed by atoms with Crippen LogP contribution in [0, 0.1) is 0 Å². The third-order valence-corrected chi connectivity index (χ3v) is 5.50. The van der Waals surface area contributed by atoms with Gasteiger partial charge in [0.1, 0.15) is 0 Å². The summed E-state index contributed by atoms with van der Waals surface area (Å²) in [7, 11) is 3.25. The molecule has 0 bridgehead atoms. The van der Waals surface area contributed by atoms with Crippen molar-refractivity contribution in [3.8, 4) is 11.5 Å². The molecule has 0 atom stereocenters. The Morgan fingerprint density at radius 1 is 1.14 bits per heavy atom. The molecule has 156 valence electrons. The number of amidine groups is 1. The first-order chi connectivity index (χ1) is 12.9. The highest BCUT2D eigenvalue weighted by Gasteiger charge is 2.60. The van der Waals surface area contributed by atoms with Gasteiger partial charge in [-0.15, -0.1) is 0 Å². The van der Waals surface area contributed by atoms with E-state index in [-0.39, 0.29) is 17.5 Å². The summed E-state index contributed by atoms with van der Waals surface area (Å²) in [6, 6.07) is 5.87. The Balaban J connectivity index is 2.00. The zero-order chi connectivity index (χ0) is 20.7. The second kappa shape index (κ2) is 7.63. The van der Waals surface area contributed by atoms with Crippen LogP contribution in [0.1, 0.15) is 12.8 Å². The molecular formula is C17H19Cl3F3N3O2.